The Morgan fingerprint density at radius 3 is 2.73 bits per heavy atom. The van der Waals surface area contributed by atoms with Crippen LogP contribution in [-0.2, 0) is 6.54 Å². The molecule has 1 heterocycles. The summed E-state index contributed by atoms with van der Waals surface area (Å²) in [5.41, 5.74) is 2.54. The first-order valence-electron chi connectivity index (χ1n) is 7.34. The summed E-state index contributed by atoms with van der Waals surface area (Å²) in [7, 11) is 1.59. The van der Waals surface area contributed by atoms with Gasteiger partial charge in [0.25, 0.3) is 0 Å². The maximum absolute atomic E-state index is 10.1. The van der Waals surface area contributed by atoms with E-state index in [4.69, 9.17) is 9.84 Å². The number of aromatic hydroxyl groups is 1. The molecule has 0 spiro atoms. The maximum atomic E-state index is 10.1. The molecule has 0 aliphatic carbocycles. The predicted molar refractivity (Wildman–Crippen MR) is 85.9 cm³/mol. The molecule has 22 heavy (non-hydrogen) atoms. The van der Waals surface area contributed by atoms with E-state index in [1.807, 2.05) is 31.2 Å². The predicted octanol–water partition coefficient (Wildman–Crippen LogP) is 2.28. The van der Waals surface area contributed by atoms with Crippen molar-refractivity contribution in [1.82, 2.24) is 9.88 Å². The van der Waals surface area contributed by atoms with Crippen LogP contribution in [0.3, 0.4) is 0 Å². The summed E-state index contributed by atoms with van der Waals surface area (Å²) in [5.74, 6) is 0.811. The lowest BCUT2D eigenvalue weighted by molar-refractivity contribution is 0.195. The van der Waals surface area contributed by atoms with Crippen molar-refractivity contribution in [2.24, 2.45) is 0 Å². The third-order valence-electron chi connectivity index (χ3n) is 3.57. The van der Waals surface area contributed by atoms with E-state index in [9.17, 15) is 5.11 Å². The molecule has 0 radical (unpaired) electrons. The van der Waals surface area contributed by atoms with Crippen molar-refractivity contribution in [2.75, 3.05) is 26.8 Å². The summed E-state index contributed by atoms with van der Waals surface area (Å²) in [6, 6.07) is 11.0. The highest BCUT2D eigenvalue weighted by molar-refractivity contribution is 5.62. The Labute approximate surface area is 130 Å². The summed E-state index contributed by atoms with van der Waals surface area (Å²) < 4.78 is 5.15. The Morgan fingerprint density at radius 1 is 1.23 bits per heavy atom. The number of phenolic OH excluding ortho intramolecular Hbond substituents is 1. The summed E-state index contributed by atoms with van der Waals surface area (Å²) in [6.07, 6.45) is 0. The fourth-order valence-electron chi connectivity index (χ4n) is 2.29. The second-order valence-corrected chi connectivity index (χ2v) is 5.00. The van der Waals surface area contributed by atoms with Gasteiger partial charge in [-0.15, -0.1) is 0 Å². The van der Waals surface area contributed by atoms with Crippen LogP contribution in [0.25, 0.3) is 11.3 Å². The zero-order chi connectivity index (χ0) is 15.9. The van der Waals surface area contributed by atoms with Gasteiger partial charge in [-0.25, -0.2) is 4.98 Å². The minimum Gasteiger partial charge on any atom is -0.508 e. The topological polar surface area (TPSA) is 65.8 Å². The summed E-state index contributed by atoms with van der Waals surface area (Å²) in [4.78, 5) is 6.48. The van der Waals surface area contributed by atoms with E-state index in [2.05, 4.69) is 9.88 Å². The quantitative estimate of drug-likeness (QED) is 0.821. The molecule has 118 valence electrons. The van der Waals surface area contributed by atoms with Gasteiger partial charge in [0.1, 0.15) is 5.75 Å². The van der Waals surface area contributed by atoms with Crippen molar-refractivity contribution in [3.05, 3.63) is 42.0 Å². The molecule has 0 fully saturated rings. The van der Waals surface area contributed by atoms with Crippen molar-refractivity contribution in [1.29, 1.82) is 0 Å². The van der Waals surface area contributed by atoms with Gasteiger partial charge in [-0.05, 0) is 30.8 Å². The van der Waals surface area contributed by atoms with Crippen LogP contribution < -0.4 is 4.74 Å². The third kappa shape index (κ3) is 3.96. The van der Waals surface area contributed by atoms with Crippen LogP contribution >= 0.6 is 0 Å². The first kappa shape index (κ1) is 16.3. The standard InChI is InChI=1S/C17H22N2O3/c1-3-19(9-10-20)12-14-11-13(7-8-16(14)21)15-5-4-6-17(18-15)22-2/h4-8,11,20-21H,3,9-10,12H2,1-2H3. The van der Waals surface area contributed by atoms with E-state index in [1.54, 1.807) is 19.2 Å². The molecule has 1 aromatic carbocycles. The zero-order valence-corrected chi connectivity index (χ0v) is 13.0. The number of nitrogens with zero attached hydrogens (tertiary/aromatic N) is 2. The van der Waals surface area contributed by atoms with Crippen molar-refractivity contribution >= 4 is 0 Å². The smallest absolute Gasteiger partial charge is 0.213 e. The summed E-state index contributed by atoms with van der Waals surface area (Å²) >= 11 is 0. The lowest BCUT2D eigenvalue weighted by atomic mass is 10.1. The fraction of sp³-hybridized carbons (Fsp3) is 0.353. The molecule has 0 aliphatic heterocycles. The van der Waals surface area contributed by atoms with Gasteiger partial charge in [0.15, 0.2) is 0 Å². The number of pyridine rings is 1. The number of phenols is 1. The highest BCUT2D eigenvalue weighted by atomic mass is 16.5. The number of aliphatic hydroxyl groups excluding tert-OH is 1. The van der Waals surface area contributed by atoms with Crippen molar-refractivity contribution in [3.8, 4) is 22.9 Å². The molecule has 5 heteroatoms. The number of aliphatic hydroxyl groups is 1. The molecule has 0 amide bonds. The number of ether oxygens (including phenoxy) is 1. The van der Waals surface area contributed by atoms with E-state index < -0.39 is 0 Å². The van der Waals surface area contributed by atoms with Crippen LogP contribution in [0.1, 0.15) is 12.5 Å². The molecule has 1 aromatic heterocycles. The van der Waals surface area contributed by atoms with Crippen molar-refractivity contribution in [2.45, 2.75) is 13.5 Å². The zero-order valence-electron chi connectivity index (χ0n) is 13.0. The Balaban J connectivity index is 2.29. The van der Waals surface area contributed by atoms with Gasteiger partial charge in [0, 0.05) is 30.3 Å². The van der Waals surface area contributed by atoms with E-state index >= 15 is 0 Å². The van der Waals surface area contributed by atoms with Gasteiger partial charge >= 0.3 is 0 Å². The van der Waals surface area contributed by atoms with Crippen LogP contribution in [0.4, 0.5) is 0 Å². The highest BCUT2D eigenvalue weighted by Gasteiger charge is 2.10. The average molecular weight is 302 g/mol. The van der Waals surface area contributed by atoms with E-state index in [1.165, 1.54) is 0 Å². The van der Waals surface area contributed by atoms with Gasteiger partial charge < -0.3 is 14.9 Å². The molecule has 2 rings (SSSR count). The van der Waals surface area contributed by atoms with E-state index in [0.717, 1.165) is 23.4 Å². The SMILES string of the molecule is CCN(CCO)Cc1cc(-c2cccc(OC)n2)ccc1O. The number of hydrogen-bond acceptors (Lipinski definition) is 5. The lowest BCUT2D eigenvalue weighted by Gasteiger charge is -2.20. The molecule has 0 saturated heterocycles. The molecule has 0 aliphatic rings. The van der Waals surface area contributed by atoms with Gasteiger partial charge in [0.05, 0.1) is 19.4 Å². The highest BCUT2D eigenvalue weighted by Crippen LogP contribution is 2.27. The first-order valence-corrected chi connectivity index (χ1v) is 7.34. The van der Waals surface area contributed by atoms with Gasteiger partial charge in [-0.1, -0.05) is 13.0 Å². The number of likely N-dealkylation sites (N-methyl/N-ethyl adjacent to an activating group) is 1. The third-order valence-corrected chi connectivity index (χ3v) is 3.57. The molecule has 2 N–H and O–H groups in total. The lowest BCUT2D eigenvalue weighted by Crippen LogP contribution is -2.26. The molecule has 0 bridgehead atoms. The Morgan fingerprint density at radius 2 is 2.05 bits per heavy atom. The maximum Gasteiger partial charge on any atom is 0.213 e. The fourth-order valence-corrected chi connectivity index (χ4v) is 2.29. The molecule has 0 unspecified atom stereocenters. The molecule has 5 nitrogen and oxygen atoms in total. The van der Waals surface area contributed by atoms with Crippen molar-refractivity contribution < 1.29 is 14.9 Å². The normalized spacial score (nSPS) is 10.9. The second-order valence-electron chi connectivity index (χ2n) is 5.00. The van der Waals surface area contributed by atoms with Crippen LogP contribution in [0, 0.1) is 0 Å². The molecular weight excluding hydrogens is 280 g/mol. The Kier molecular flexibility index (Phi) is 5.75. The minimum atomic E-state index is 0.103. The van der Waals surface area contributed by atoms with Crippen LogP contribution in [0.5, 0.6) is 11.6 Å². The average Bonchev–Trinajstić information content (AvgIpc) is 2.56. The van der Waals surface area contributed by atoms with Crippen LogP contribution in [0.2, 0.25) is 0 Å². The van der Waals surface area contributed by atoms with Crippen LogP contribution in [-0.4, -0.2) is 46.9 Å². The number of aromatic nitrogens is 1. The number of rotatable bonds is 7. The van der Waals surface area contributed by atoms with Gasteiger partial charge in [-0.3, -0.25) is 4.90 Å². The molecular formula is C17H22N2O3. The van der Waals surface area contributed by atoms with E-state index in [-0.39, 0.29) is 12.4 Å². The summed E-state index contributed by atoms with van der Waals surface area (Å²) in [6.45, 7) is 4.10. The van der Waals surface area contributed by atoms with Crippen LogP contribution in [0.15, 0.2) is 36.4 Å². The molecule has 0 saturated carbocycles. The van der Waals surface area contributed by atoms with Gasteiger partial charge in [-0.2, -0.15) is 0 Å². The van der Waals surface area contributed by atoms with Crippen molar-refractivity contribution in [3.63, 3.8) is 0 Å². The molecule has 2 aromatic rings. The van der Waals surface area contributed by atoms with E-state index in [0.29, 0.717) is 19.0 Å². The monoisotopic (exact) mass is 302 g/mol. The Bertz CT molecular complexity index is 617. The number of methoxy groups -OCH3 is 1. The Hall–Kier alpha value is -2.11. The second kappa shape index (κ2) is 7.77. The number of hydrogen-bond donors (Lipinski definition) is 2. The van der Waals surface area contributed by atoms with Gasteiger partial charge in [0.2, 0.25) is 5.88 Å². The minimum absolute atomic E-state index is 0.103. The summed E-state index contributed by atoms with van der Waals surface area (Å²) in [5, 5.41) is 19.1. The largest absolute Gasteiger partial charge is 0.508 e. The first-order chi connectivity index (χ1) is 10.7. The molecule has 0 atom stereocenters. The number of benzene rings is 1.